The monoisotopic (exact) mass is 298 g/mol. The topological polar surface area (TPSA) is 71.3 Å². The van der Waals surface area contributed by atoms with Gasteiger partial charge in [-0.3, -0.25) is 9.59 Å². The molecular formula is C17H18N2O3. The minimum absolute atomic E-state index is 0.0882. The summed E-state index contributed by atoms with van der Waals surface area (Å²) in [6.07, 6.45) is 4.39. The summed E-state index contributed by atoms with van der Waals surface area (Å²) in [5, 5.41) is 5.33. The van der Waals surface area contributed by atoms with Crippen molar-refractivity contribution < 1.29 is 14.0 Å². The maximum absolute atomic E-state index is 11.9. The van der Waals surface area contributed by atoms with Crippen molar-refractivity contribution >= 4 is 23.6 Å². The Bertz CT molecular complexity index is 668. The minimum atomic E-state index is -0.354. The van der Waals surface area contributed by atoms with Crippen LogP contribution < -0.4 is 10.6 Å². The van der Waals surface area contributed by atoms with Gasteiger partial charge in [0.1, 0.15) is 5.76 Å². The molecule has 0 unspecified atom stereocenters. The molecule has 0 radical (unpaired) electrons. The fraction of sp³-hybridized carbons (Fsp3) is 0.176. The molecule has 1 aromatic heterocycles. The van der Waals surface area contributed by atoms with Gasteiger partial charge in [0.15, 0.2) is 0 Å². The second kappa shape index (κ2) is 7.26. The number of anilines is 1. The molecule has 1 aromatic carbocycles. The Kier molecular flexibility index (Phi) is 5.14. The number of carbonyl (C=O) groups excluding carboxylic acids is 2. The van der Waals surface area contributed by atoms with Crippen LogP contribution in [0, 0.1) is 13.8 Å². The van der Waals surface area contributed by atoms with Gasteiger partial charge in [0.25, 0.3) is 0 Å². The third-order valence-corrected chi connectivity index (χ3v) is 3.11. The van der Waals surface area contributed by atoms with Crippen LogP contribution in [-0.2, 0) is 9.59 Å². The van der Waals surface area contributed by atoms with Crippen LogP contribution in [0.25, 0.3) is 6.08 Å². The number of aryl methyl sites for hydroxylation is 2. The van der Waals surface area contributed by atoms with E-state index in [4.69, 9.17) is 4.42 Å². The zero-order chi connectivity index (χ0) is 15.9. The molecule has 114 valence electrons. The predicted molar refractivity (Wildman–Crippen MR) is 85.3 cm³/mol. The molecule has 0 aliphatic carbocycles. The third-order valence-electron chi connectivity index (χ3n) is 3.11. The van der Waals surface area contributed by atoms with Gasteiger partial charge in [0, 0.05) is 11.8 Å². The Balaban J connectivity index is 1.84. The first-order chi connectivity index (χ1) is 10.6. The Hall–Kier alpha value is -2.82. The van der Waals surface area contributed by atoms with E-state index in [2.05, 4.69) is 10.6 Å². The molecule has 0 aliphatic rings. The van der Waals surface area contributed by atoms with E-state index < -0.39 is 0 Å². The van der Waals surface area contributed by atoms with Gasteiger partial charge in [-0.25, -0.2) is 0 Å². The number of hydrogen-bond donors (Lipinski definition) is 2. The van der Waals surface area contributed by atoms with Gasteiger partial charge in [-0.05, 0) is 43.2 Å². The van der Waals surface area contributed by atoms with E-state index in [1.807, 2.05) is 32.0 Å². The Morgan fingerprint density at radius 2 is 1.86 bits per heavy atom. The van der Waals surface area contributed by atoms with Crippen LogP contribution in [0.4, 0.5) is 5.69 Å². The highest BCUT2D eigenvalue weighted by Crippen LogP contribution is 2.18. The highest BCUT2D eigenvalue weighted by Gasteiger charge is 2.07. The molecular weight excluding hydrogens is 280 g/mol. The molecule has 1 heterocycles. The van der Waals surface area contributed by atoms with E-state index in [1.54, 1.807) is 18.2 Å². The quantitative estimate of drug-likeness (QED) is 0.834. The second-order valence-electron chi connectivity index (χ2n) is 4.88. The first-order valence-corrected chi connectivity index (χ1v) is 6.92. The molecule has 0 saturated heterocycles. The summed E-state index contributed by atoms with van der Waals surface area (Å²) >= 11 is 0. The van der Waals surface area contributed by atoms with Gasteiger partial charge >= 0.3 is 0 Å². The summed E-state index contributed by atoms with van der Waals surface area (Å²) in [7, 11) is 0. The molecule has 2 N–H and O–H groups in total. The standard InChI is InChI=1S/C17H18N2O3/c1-12-5-3-6-13(2)17(12)19-16(21)11-18-15(20)9-8-14-7-4-10-22-14/h3-10H,11H2,1-2H3,(H,18,20)(H,19,21)/b9-8+. The van der Waals surface area contributed by atoms with Crippen LogP contribution in [0.5, 0.6) is 0 Å². The van der Waals surface area contributed by atoms with Gasteiger partial charge in [0.2, 0.25) is 11.8 Å². The molecule has 0 fully saturated rings. The average molecular weight is 298 g/mol. The van der Waals surface area contributed by atoms with E-state index >= 15 is 0 Å². The van der Waals surface area contributed by atoms with Crippen molar-refractivity contribution in [1.29, 1.82) is 0 Å². The molecule has 2 aromatic rings. The highest BCUT2D eigenvalue weighted by molar-refractivity contribution is 5.98. The minimum Gasteiger partial charge on any atom is -0.465 e. The smallest absolute Gasteiger partial charge is 0.244 e. The Morgan fingerprint density at radius 3 is 2.50 bits per heavy atom. The number of hydrogen-bond acceptors (Lipinski definition) is 3. The van der Waals surface area contributed by atoms with Gasteiger partial charge in [0.05, 0.1) is 12.8 Å². The van der Waals surface area contributed by atoms with Gasteiger partial charge in [-0.2, -0.15) is 0 Å². The largest absolute Gasteiger partial charge is 0.465 e. The fourth-order valence-corrected chi connectivity index (χ4v) is 1.97. The van der Waals surface area contributed by atoms with E-state index in [1.165, 1.54) is 12.3 Å². The summed E-state index contributed by atoms with van der Waals surface area (Å²) in [5.41, 5.74) is 2.75. The molecule has 0 bridgehead atoms. The SMILES string of the molecule is Cc1cccc(C)c1NC(=O)CNC(=O)/C=C/c1ccco1. The maximum atomic E-state index is 11.9. The lowest BCUT2D eigenvalue weighted by Crippen LogP contribution is -2.32. The summed E-state index contributed by atoms with van der Waals surface area (Å²) in [6, 6.07) is 9.25. The molecule has 5 heteroatoms. The fourth-order valence-electron chi connectivity index (χ4n) is 1.97. The van der Waals surface area contributed by atoms with Crippen molar-refractivity contribution in [3.8, 4) is 0 Å². The molecule has 0 aliphatic heterocycles. The summed E-state index contributed by atoms with van der Waals surface area (Å²) in [6.45, 7) is 3.76. The molecule has 22 heavy (non-hydrogen) atoms. The van der Waals surface area contributed by atoms with Crippen LogP contribution in [0.2, 0.25) is 0 Å². The number of furan rings is 1. The molecule has 2 rings (SSSR count). The lowest BCUT2D eigenvalue weighted by atomic mass is 10.1. The van der Waals surface area contributed by atoms with E-state index in [9.17, 15) is 9.59 Å². The first-order valence-electron chi connectivity index (χ1n) is 6.92. The van der Waals surface area contributed by atoms with Crippen molar-refractivity contribution in [1.82, 2.24) is 5.32 Å². The van der Waals surface area contributed by atoms with Gasteiger partial charge < -0.3 is 15.1 Å². The van der Waals surface area contributed by atoms with Crippen LogP contribution in [0.3, 0.4) is 0 Å². The Morgan fingerprint density at radius 1 is 1.14 bits per heavy atom. The van der Waals surface area contributed by atoms with Crippen LogP contribution in [-0.4, -0.2) is 18.4 Å². The maximum Gasteiger partial charge on any atom is 0.244 e. The van der Waals surface area contributed by atoms with Crippen LogP contribution >= 0.6 is 0 Å². The van der Waals surface area contributed by atoms with E-state index in [0.717, 1.165) is 16.8 Å². The highest BCUT2D eigenvalue weighted by atomic mass is 16.3. The number of rotatable bonds is 5. The molecule has 2 amide bonds. The van der Waals surface area contributed by atoms with Crippen molar-refractivity contribution in [3.05, 3.63) is 59.6 Å². The summed E-state index contributed by atoms with van der Waals surface area (Å²) in [5.74, 6) is -0.0414. The normalized spacial score (nSPS) is 10.6. The van der Waals surface area contributed by atoms with Gasteiger partial charge in [-0.1, -0.05) is 18.2 Å². The molecule has 0 atom stereocenters. The molecule has 5 nitrogen and oxygen atoms in total. The Labute approximate surface area is 129 Å². The third kappa shape index (κ3) is 4.34. The van der Waals surface area contributed by atoms with Gasteiger partial charge in [-0.15, -0.1) is 0 Å². The van der Waals surface area contributed by atoms with Crippen LogP contribution in [0.15, 0.2) is 47.1 Å². The first kappa shape index (κ1) is 15.6. The lowest BCUT2D eigenvalue weighted by molar-refractivity contribution is -0.121. The van der Waals surface area contributed by atoms with Crippen LogP contribution in [0.1, 0.15) is 16.9 Å². The second-order valence-corrected chi connectivity index (χ2v) is 4.88. The number of amides is 2. The number of carbonyl (C=O) groups is 2. The zero-order valence-corrected chi connectivity index (χ0v) is 12.6. The van der Waals surface area contributed by atoms with Crippen molar-refractivity contribution in [3.63, 3.8) is 0 Å². The lowest BCUT2D eigenvalue weighted by Gasteiger charge is -2.11. The van der Waals surface area contributed by atoms with Crippen molar-refractivity contribution in [2.75, 3.05) is 11.9 Å². The van der Waals surface area contributed by atoms with Crippen molar-refractivity contribution in [2.24, 2.45) is 0 Å². The number of nitrogens with one attached hydrogen (secondary N) is 2. The number of para-hydroxylation sites is 1. The summed E-state index contributed by atoms with van der Waals surface area (Å²) < 4.78 is 5.07. The summed E-state index contributed by atoms with van der Waals surface area (Å²) in [4.78, 5) is 23.5. The van der Waals surface area contributed by atoms with Crippen molar-refractivity contribution in [2.45, 2.75) is 13.8 Å². The zero-order valence-electron chi connectivity index (χ0n) is 12.6. The molecule has 0 saturated carbocycles. The molecule has 0 spiro atoms. The van der Waals surface area contributed by atoms with E-state index in [0.29, 0.717) is 5.76 Å². The average Bonchev–Trinajstić information content (AvgIpc) is 3.00. The van der Waals surface area contributed by atoms with E-state index in [-0.39, 0.29) is 18.4 Å². The number of benzene rings is 1. The predicted octanol–water partition coefficient (Wildman–Crippen LogP) is 2.66.